The van der Waals surface area contributed by atoms with Crippen molar-refractivity contribution in [3.8, 4) is 0 Å². The summed E-state index contributed by atoms with van der Waals surface area (Å²) in [6, 6.07) is 13.7. The molecule has 8 heteroatoms. The second-order valence-corrected chi connectivity index (χ2v) is 8.62. The number of carbonyl (C=O) groups is 1. The van der Waals surface area contributed by atoms with Crippen LogP contribution >= 0.6 is 0 Å². The molecular weight excluding hydrogens is 378 g/mol. The number of aliphatic hydroxyl groups excluding tert-OH is 1. The van der Waals surface area contributed by atoms with E-state index in [0.29, 0.717) is 5.92 Å². The molecule has 0 atom stereocenters. The SMILES string of the molecule is CC(C)c1ccc(/C=N/NC(=O)C2=C(O)c3ccccc3S(=O)(=O)N2C)cc1. The van der Waals surface area contributed by atoms with E-state index in [0.717, 1.165) is 9.87 Å². The van der Waals surface area contributed by atoms with Gasteiger partial charge in [-0.3, -0.25) is 9.10 Å². The Morgan fingerprint density at radius 3 is 2.43 bits per heavy atom. The number of sulfonamides is 1. The van der Waals surface area contributed by atoms with Crippen molar-refractivity contribution in [1.82, 2.24) is 9.73 Å². The Kier molecular flexibility index (Phi) is 5.24. The highest BCUT2D eigenvalue weighted by Gasteiger charge is 2.37. The average Bonchev–Trinajstić information content (AvgIpc) is 2.67. The fourth-order valence-electron chi connectivity index (χ4n) is 2.87. The number of aliphatic hydroxyl groups is 1. The molecule has 0 fully saturated rings. The molecule has 0 unspecified atom stereocenters. The molecule has 7 nitrogen and oxygen atoms in total. The van der Waals surface area contributed by atoms with E-state index < -0.39 is 21.7 Å². The molecule has 146 valence electrons. The van der Waals surface area contributed by atoms with E-state index in [-0.39, 0.29) is 16.2 Å². The van der Waals surface area contributed by atoms with Gasteiger partial charge in [-0.1, -0.05) is 50.2 Å². The number of nitrogens with one attached hydrogen (secondary N) is 1. The van der Waals surface area contributed by atoms with E-state index in [1.165, 1.54) is 31.0 Å². The minimum atomic E-state index is -3.94. The van der Waals surface area contributed by atoms with E-state index in [1.807, 2.05) is 24.3 Å². The number of hydrogen-bond acceptors (Lipinski definition) is 5. The zero-order chi connectivity index (χ0) is 20.5. The standard InChI is InChI=1S/C20H21N3O4S/c1-13(2)15-10-8-14(9-11-15)12-21-22-20(25)18-19(24)16-6-4-5-7-17(16)28(26,27)23(18)3/h4-13,24H,1-3H3,(H,22,25)/b21-12+. The van der Waals surface area contributed by atoms with Crippen LogP contribution in [0.2, 0.25) is 0 Å². The number of rotatable bonds is 4. The van der Waals surface area contributed by atoms with E-state index in [4.69, 9.17) is 0 Å². The second kappa shape index (κ2) is 7.47. The third-order valence-corrected chi connectivity index (χ3v) is 6.33. The van der Waals surface area contributed by atoms with Gasteiger partial charge < -0.3 is 5.11 Å². The lowest BCUT2D eigenvalue weighted by Crippen LogP contribution is -2.38. The molecule has 1 heterocycles. The molecule has 0 aromatic heterocycles. The average molecular weight is 399 g/mol. The molecular formula is C20H21N3O4S. The summed E-state index contributed by atoms with van der Waals surface area (Å²) in [6.07, 6.45) is 1.45. The molecule has 0 aliphatic carbocycles. The van der Waals surface area contributed by atoms with Crippen LogP contribution in [0.1, 0.15) is 36.5 Å². The smallest absolute Gasteiger partial charge is 0.292 e. The molecule has 28 heavy (non-hydrogen) atoms. The maximum atomic E-state index is 12.6. The van der Waals surface area contributed by atoms with E-state index in [2.05, 4.69) is 24.4 Å². The van der Waals surface area contributed by atoms with Crippen LogP contribution in [-0.4, -0.2) is 37.0 Å². The number of likely N-dealkylation sites (N-methyl/N-ethyl adjacent to an activating group) is 1. The van der Waals surface area contributed by atoms with Crippen LogP contribution in [0.25, 0.3) is 5.76 Å². The van der Waals surface area contributed by atoms with Crippen LogP contribution in [0.4, 0.5) is 0 Å². The Morgan fingerprint density at radius 1 is 1.14 bits per heavy atom. The monoisotopic (exact) mass is 399 g/mol. The molecule has 1 amide bonds. The molecule has 2 aromatic carbocycles. The van der Waals surface area contributed by atoms with Crippen LogP contribution in [0.15, 0.2) is 64.2 Å². The summed E-state index contributed by atoms with van der Waals surface area (Å²) >= 11 is 0. The van der Waals surface area contributed by atoms with Gasteiger partial charge in [0.05, 0.1) is 11.1 Å². The number of nitrogens with zero attached hydrogens (tertiary/aromatic N) is 2. The zero-order valence-electron chi connectivity index (χ0n) is 15.7. The largest absolute Gasteiger partial charge is 0.505 e. The number of hydrazone groups is 1. The minimum absolute atomic E-state index is 0.0553. The fraction of sp³-hybridized carbons (Fsp3) is 0.200. The van der Waals surface area contributed by atoms with Gasteiger partial charge in [-0.2, -0.15) is 5.10 Å². The highest BCUT2D eigenvalue weighted by molar-refractivity contribution is 7.89. The summed E-state index contributed by atoms with van der Waals surface area (Å²) in [5, 5.41) is 14.3. The number of amides is 1. The number of benzene rings is 2. The Hall–Kier alpha value is -3.13. The maximum Gasteiger partial charge on any atom is 0.292 e. The third kappa shape index (κ3) is 3.50. The summed E-state index contributed by atoms with van der Waals surface area (Å²) < 4.78 is 26.0. The first-order valence-electron chi connectivity index (χ1n) is 8.68. The van der Waals surface area contributed by atoms with Gasteiger partial charge in [0.15, 0.2) is 11.5 Å². The molecule has 1 aliphatic heterocycles. The molecule has 2 aromatic rings. The molecule has 2 N–H and O–H groups in total. The van der Waals surface area contributed by atoms with Crippen molar-refractivity contribution in [3.05, 3.63) is 70.9 Å². The lowest BCUT2D eigenvalue weighted by Gasteiger charge is -2.27. The summed E-state index contributed by atoms with van der Waals surface area (Å²) in [5.41, 5.74) is 3.93. The molecule has 3 rings (SSSR count). The Labute approximate surface area is 164 Å². The molecule has 0 saturated carbocycles. The summed E-state index contributed by atoms with van der Waals surface area (Å²) in [6.45, 7) is 4.19. The van der Waals surface area contributed by atoms with Crippen LogP contribution in [0.5, 0.6) is 0 Å². The predicted octanol–water partition coefficient (Wildman–Crippen LogP) is 2.82. The molecule has 0 spiro atoms. The number of fused-ring (bicyclic) bond motifs is 1. The van der Waals surface area contributed by atoms with Crippen molar-refractivity contribution >= 4 is 27.9 Å². The van der Waals surface area contributed by atoms with Gasteiger partial charge in [-0.05, 0) is 29.2 Å². The normalized spacial score (nSPS) is 15.8. The Morgan fingerprint density at radius 2 is 1.79 bits per heavy atom. The maximum absolute atomic E-state index is 12.6. The van der Waals surface area contributed by atoms with E-state index in [9.17, 15) is 18.3 Å². The van der Waals surface area contributed by atoms with Crippen molar-refractivity contribution in [2.75, 3.05) is 7.05 Å². The predicted molar refractivity (Wildman–Crippen MR) is 107 cm³/mol. The van der Waals surface area contributed by atoms with Crippen molar-refractivity contribution < 1.29 is 18.3 Å². The first-order chi connectivity index (χ1) is 13.2. The van der Waals surface area contributed by atoms with Crippen molar-refractivity contribution in [1.29, 1.82) is 0 Å². The third-order valence-electron chi connectivity index (χ3n) is 4.52. The first-order valence-corrected chi connectivity index (χ1v) is 10.1. The molecule has 0 bridgehead atoms. The number of hydrogen-bond donors (Lipinski definition) is 2. The lowest BCUT2D eigenvalue weighted by atomic mass is 10.0. The van der Waals surface area contributed by atoms with Crippen LogP contribution in [0, 0.1) is 0 Å². The van der Waals surface area contributed by atoms with Crippen molar-refractivity contribution in [2.24, 2.45) is 5.10 Å². The first kappa shape index (κ1) is 19.6. The summed E-state index contributed by atoms with van der Waals surface area (Å²) in [4.78, 5) is 12.4. The summed E-state index contributed by atoms with van der Waals surface area (Å²) in [7, 11) is -2.72. The van der Waals surface area contributed by atoms with Gasteiger partial charge in [-0.25, -0.2) is 13.8 Å². The quantitative estimate of drug-likeness (QED) is 0.610. The van der Waals surface area contributed by atoms with Gasteiger partial charge in [0.2, 0.25) is 0 Å². The molecule has 0 saturated heterocycles. The Balaban J connectivity index is 1.84. The number of carbonyl (C=O) groups excluding carboxylic acids is 1. The van der Waals surface area contributed by atoms with Crippen molar-refractivity contribution in [2.45, 2.75) is 24.7 Å². The topological polar surface area (TPSA) is 99.1 Å². The van der Waals surface area contributed by atoms with E-state index >= 15 is 0 Å². The Bertz CT molecular complexity index is 1070. The summed E-state index contributed by atoms with van der Waals surface area (Å²) in [5.74, 6) is -0.831. The van der Waals surface area contributed by atoms with Crippen molar-refractivity contribution in [3.63, 3.8) is 0 Å². The van der Waals surface area contributed by atoms with Crippen LogP contribution < -0.4 is 5.43 Å². The second-order valence-electron chi connectivity index (χ2n) is 6.69. The van der Waals surface area contributed by atoms with E-state index in [1.54, 1.807) is 12.1 Å². The van der Waals surface area contributed by atoms with Gasteiger partial charge in [0, 0.05) is 12.6 Å². The highest BCUT2D eigenvalue weighted by Crippen LogP contribution is 2.34. The van der Waals surface area contributed by atoms with Crippen LogP contribution in [-0.2, 0) is 14.8 Å². The van der Waals surface area contributed by atoms with Crippen LogP contribution in [0.3, 0.4) is 0 Å². The molecule has 0 radical (unpaired) electrons. The van der Waals surface area contributed by atoms with Gasteiger partial charge in [0.1, 0.15) is 0 Å². The minimum Gasteiger partial charge on any atom is -0.505 e. The fourth-order valence-corrected chi connectivity index (χ4v) is 4.27. The highest BCUT2D eigenvalue weighted by atomic mass is 32.2. The van der Waals surface area contributed by atoms with Gasteiger partial charge >= 0.3 is 0 Å². The lowest BCUT2D eigenvalue weighted by molar-refractivity contribution is -0.118. The van der Waals surface area contributed by atoms with Gasteiger partial charge in [-0.15, -0.1) is 0 Å². The zero-order valence-corrected chi connectivity index (χ0v) is 16.6. The molecule has 1 aliphatic rings. The van der Waals surface area contributed by atoms with Gasteiger partial charge in [0.25, 0.3) is 15.9 Å².